The fourth-order valence-corrected chi connectivity index (χ4v) is 3.26. The first kappa shape index (κ1) is 19.6. The van der Waals surface area contributed by atoms with E-state index in [2.05, 4.69) is 0 Å². The zero-order chi connectivity index (χ0) is 20.1. The van der Waals surface area contributed by atoms with Crippen molar-refractivity contribution in [3.63, 3.8) is 0 Å². The largest absolute Gasteiger partial charge is 0.478 e. The van der Waals surface area contributed by atoms with Crippen LogP contribution in [0.25, 0.3) is 0 Å². The Labute approximate surface area is 164 Å². The predicted octanol–water partition coefficient (Wildman–Crippen LogP) is 2.61. The first-order chi connectivity index (χ1) is 13.4. The second kappa shape index (κ2) is 8.69. The maximum Gasteiger partial charge on any atom is 0.335 e. The highest BCUT2D eigenvalue weighted by atomic mass is 16.4. The molecular formula is C22H24N2O4. The molecule has 1 fully saturated rings. The number of aromatic carboxylic acids is 1. The lowest BCUT2D eigenvalue weighted by Gasteiger charge is -2.35. The lowest BCUT2D eigenvalue weighted by atomic mass is 10.1. The summed E-state index contributed by atoms with van der Waals surface area (Å²) in [6.45, 7) is 4.12. The monoisotopic (exact) mass is 380 g/mol. The molecule has 28 heavy (non-hydrogen) atoms. The van der Waals surface area contributed by atoms with Crippen LogP contribution in [0.1, 0.15) is 38.3 Å². The molecular weight excluding hydrogens is 356 g/mol. The number of piperazine rings is 1. The third-order valence-electron chi connectivity index (χ3n) is 5.05. The van der Waals surface area contributed by atoms with E-state index in [1.54, 1.807) is 34.1 Å². The van der Waals surface area contributed by atoms with Gasteiger partial charge in [0.1, 0.15) is 0 Å². The summed E-state index contributed by atoms with van der Waals surface area (Å²) in [6, 6.07) is 14.1. The van der Waals surface area contributed by atoms with E-state index in [-0.39, 0.29) is 17.4 Å². The van der Waals surface area contributed by atoms with Crippen LogP contribution < -0.4 is 0 Å². The van der Waals surface area contributed by atoms with Crippen molar-refractivity contribution < 1.29 is 19.5 Å². The van der Waals surface area contributed by atoms with Gasteiger partial charge in [-0.2, -0.15) is 0 Å². The number of rotatable bonds is 5. The Morgan fingerprint density at radius 2 is 1.36 bits per heavy atom. The van der Waals surface area contributed by atoms with Crippen molar-refractivity contribution >= 4 is 17.8 Å². The fourth-order valence-electron chi connectivity index (χ4n) is 3.26. The molecule has 0 saturated carbocycles. The van der Waals surface area contributed by atoms with Crippen LogP contribution in [0.2, 0.25) is 0 Å². The predicted molar refractivity (Wildman–Crippen MR) is 105 cm³/mol. The maximum atomic E-state index is 12.6. The summed E-state index contributed by atoms with van der Waals surface area (Å²) < 4.78 is 0. The number of benzene rings is 2. The standard InChI is InChI=1S/C22H24N2O4/c1-16-2-7-18(8-3-16)21(26)24-14-12-23(13-15-24)20(25)11-6-17-4-9-19(10-5-17)22(27)28/h2-5,7-10H,6,11-15H2,1H3,(H,27,28). The molecule has 0 spiro atoms. The van der Waals surface area contributed by atoms with E-state index in [1.807, 2.05) is 31.2 Å². The number of hydrogen-bond donors (Lipinski definition) is 1. The minimum atomic E-state index is -0.958. The van der Waals surface area contributed by atoms with Crippen molar-refractivity contribution in [3.8, 4) is 0 Å². The van der Waals surface area contributed by atoms with Crippen molar-refractivity contribution in [1.29, 1.82) is 0 Å². The first-order valence-electron chi connectivity index (χ1n) is 9.40. The minimum absolute atomic E-state index is 0.00520. The number of amides is 2. The van der Waals surface area contributed by atoms with E-state index in [9.17, 15) is 14.4 Å². The van der Waals surface area contributed by atoms with Crippen LogP contribution >= 0.6 is 0 Å². The molecule has 0 aromatic heterocycles. The van der Waals surface area contributed by atoms with Gasteiger partial charge in [0.05, 0.1) is 5.56 Å². The second-order valence-electron chi connectivity index (χ2n) is 7.04. The molecule has 0 bridgehead atoms. The molecule has 0 unspecified atom stereocenters. The lowest BCUT2D eigenvalue weighted by Crippen LogP contribution is -2.50. The van der Waals surface area contributed by atoms with Gasteiger partial charge in [-0.3, -0.25) is 9.59 Å². The molecule has 0 radical (unpaired) electrons. The number of hydrogen-bond acceptors (Lipinski definition) is 3. The second-order valence-corrected chi connectivity index (χ2v) is 7.04. The third-order valence-corrected chi connectivity index (χ3v) is 5.05. The summed E-state index contributed by atoms with van der Waals surface area (Å²) in [6.07, 6.45) is 0.944. The van der Waals surface area contributed by atoms with Crippen molar-refractivity contribution in [2.75, 3.05) is 26.2 Å². The maximum absolute atomic E-state index is 12.6. The van der Waals surface area contributed by atoms with Crippen molar-refractivity contribution in [2.45, 2.75) is 19.8 Å². The molecule has 1 saturated heterocycles. The highest BCUT2D eigenvalue weighted by Gasteiger charge is 2.24. The molecule has 146 valence electrons. The Bertz CT molecular complexity index is 851. The molecule has 3 rings (SSSR count). The van der Waals surface area contributed by atoms with E-state index in [0.717, 1.165) is 11.1 Å². The van der Waals surface area contributed by atoms with Gasteiger partial charge in [-0.25, -0.2) is 4.79 Å². The van der Waals surface area contributed by atoms with Crippen LogP contribution in [0.3, 0.4) is 0 Å². The smallest absolute Gasteiger partial charge is 0.335 e. The molecule has 1 N–H and O–H groups in total. The number of carbonyl (C=O) groups is 3. The Kier molecular flexibility index (Phi) is 6.09. The molecule has 2 aromatic carbocycles. The fraction of sp³-hybridized carbons (Fsp3) is 0.318. The quantitative estimate of drug-likeness (QED) is 0.865. The zero-order valence-electron chi connectivity index (χ0n) is 15.9. The first-order valence-corrected chi connectivity index (χ1v) is 9.40. The average Bonchev–Trinajstić information content (AvgIpc) is 2.72. The Hall–Kier alpha value is -3.15. The summed E-state index contributed by atoms with van der Waals surface area (Å²) in [5, 5.41) is 8.92. The summed E-state index contributed by atoms with van der Waals surface area (Å²) in [7, 11) is 0. The van der Waals surface area contributed by atoms with Gasteiger partial charge < -0.3 is 14.9 Å². The van der Waals surface area contributed by atoms with Gasteiger partial charge in [-0.15, -0.1) is 0 Å². The third kappa shape index (κ3) is 4.76. The van der Waals surface area contributed by atoms with Crippen molar-refractivity contribution in [3.05, 3.63) is 70.8 Å². The van der Waals surface area contributed by atoms with Gasteiger partial charge in [-0.05, 0) is 43.2 Å². The van der Waals surface area contributed by atoms with Crippen LogP contribution in [0, 0.1) is 6.92 Å². The van der Waals surface area contributed by atoms with E-state index >= 15 is 0 Å². The van der Waals surface area contributed by atoms with Crippen molar-refractivity contribution in [1.82, 2.24) is 9.80 Å². The van der Waals surface area contributed by atoms with E-state index in [1.165, 1.54) is 0 Å². The van der Waals surface area contributed by atoms with Crippen LogP contribution in [0.15, 0.2) is 48.5 Å². The van der Waals surface area contributed by atoms with Gasteiger partial charge >= 0.3 is 5.97 Å². The van der Waals surface area contributed by atoms with Crippen molar-refractivity contribution in [2.24, 2.45) is 0 Å². The minimum Gasteiger partial charge on any atom is -0.478 e. The summed E-state index contributed by atoms with van der Waals surface area (Å²) in [5.74, 6) is -0.893. The van der Waals surface area contributed by atoms with E-state index in [0.29, 0.717) is 44.6 Å². The Morgan fingerprint density at radius 3 is 1.93 bits per heavy atom. The van der Waals surface area contributed by atoms with Gasteiger partial charge in [0, 0.05) is 38.2 Å². The lowest BCUT2D eigenvalue weighted by molar-refractivity contribution is -0.132. The van der Waals surface area contributed by atoms with Crippen LogP contribution in [-0.2, 0) is 11.2 Å². The average molecular weight is 380 g/mol. The van der Waals surface area contributed by atoms with Gasteiger partial charge in [0.25, 0.3) is 5.91 Å². The molecule has 0 atom stereocenters. The summed E-state index contributed by atoms with van der Waals surface area (Å²) in [5.41, 5.74) is 2.97. The van der Waals surface area contributed by atoms with Crippen LogP contribution in [0.4, 0.5) is 0 Å². The summed E-state index contributed by atoms with van der Waals surface area (Å²) in [4.78, 5) is 39.5. The van der Waals surface area contributed by atoms with Gasteiger partial charge in [0.15, 0.2) is 0 Å². The Balaban J connectivity index is 1.47. The highest BCUT2D eigenvalue weighted by molar-refractivity contribution is 5.94. The SMILES string of the molecule is Cc1ccc(C(=O)N2CCN(C(=O)CCc3ccc(C(=O)O)cc3)CC2)cc1. The normalized spacial score (nSPS) is 14.0. The van der Waals surface area contributed by atoms with E-state index < -0.39 is 5.97 Å². The zero-order valence-corrected chi connectivity index (χ0v) is 15.9. The molecule has 1 heterocycles. The molecule has 0 aliphatic carbocycles. The summed E-state index contributed by atoms with van der Waals surface area (Å²) >= 11 is 0. The number of carboxylic acid groups (broad SMARTS) is 1. The topological polar surface area (TPSA) is 77.9 Å². The van der Waals surface area contributed by atoms with E-state index in [4.69, 9.17) is 5.11 Å². The number of carboxylic acids is 1. The molecule has 6 nitrogen and oxygen atoms in total. The molecule has 6 heteroatoms. The van der Waals surface area contributed by atoms with Crippen LogP contribution in [0.5, 0.6) is 0 Å². The van der Waals surface area contributed by atoms with Gasteiger partial charge in [0.2, 0.25) is 5.91 Å². The highest BCUT2D eigenvalue weighted by Crippen LogP contribution is 2.12. The molecule has 1 aliphatic heterocycles. The van der Waals surface area contributed by atoms with Crippen LogP contribution in [-0.4, -0.2) is 58.9 Å². The molecule has 2 aromatic rings. The molecule has 1 aliphatic rings. The van der Waals surface area contributed by atoms with Gasteiger partial charge in [-0.1, -0.05) is 29.8 Å². The Morgan fingerprint density at radius 1 is 0.821 bits per heavy atom. The number of aryl methyl sites for hydroxylation is 2. The number of carbonyl (C=O) groups excluding carboxylic acids is 2. The number of nitrogens with zero attached hydrogens (tertiary/aromatic N) is 2. The molecule has 2 amide bonds.